The van der Waals surface area contributed by atoms with Crippen molar-refractivity contribution < 1.29 is 57.1 Å². The van der Waals surface area contributed by atoms with E-state index < -0.39 is 23.8 Å². The molecule has 8 rings (SSSR count). The zero-order chi connectivity index (χ0) is 49.4. The van der Waals surface area contributed by atoms with E-state index in [0.717, 1.165) is 86.8 Å². The fourth-order valence-corrected chi connectivity index (χ4v) is 12.3. The number of nitrogens with zero attached hydrogens (tertiary/aromatic N) is 2. The average Bonchev–Trinajstić information content (AvgIpc) is 3.93. The Labute approximate surface area is 428 Å². The number of cyclic esters (lactones) is 2. The minimum Gasteiger partial charge on any atom is -0.497 e. The molecule has 0 unspecified atom stereocenters. The normalized spacial score (nSPS) is 30.8. The Morgan fingerprint density at radius 2 is 0.958 bits per heavy atom. The lowest BCUT2D eigenvalue weighted by Gasteiger charge is -2.48. The number of hydrogen-bond donors (Lipinski definition) is 2. The highest BCUT2D eigenvalue weighted by Gasteiger charge is 2.55. The Bertz CT molecular complexity index is 1930. The summed E-state index contributed by atoms with van der Waals surface area (Å²) in [7, 11) is 6.54. The third-order valence-electron chi connectivity index (χ3n) is 13.8. The van der Waals surface area contributed by atoms with Gasteiger partial charge in [-0.05, 0) is 112 Å². The molecule has 6 aliphatic heterocycles. The van der Waals surface area contributed by atoms with Gasteiger partial charge in [-0.2, -0.15) is 0 Å². The number of thioether (sulfide) groups is 2. The molecule has 0 aromatic heterocycles. The number of rotatable bonds is 10. The number of carbonyl (C=O) groups is 4. The molecule has 4 amide bonds. The third-order valence-corrected chi connectivity index (χ3v) is 15.8. The van der Waals surface area contributed by atoms with Crippen LogP contribution in [0.15, 0.2) is 72.8 Å². The van der Waals surface area contributed by atoms with Crippen molar-refractivity contribution >= 4 is 46.2 Å². The zero-order valence-electron chi connectivity index (χ0n) is 41.1. The second-order valence-electron chi connectivity index (χ2n) is 18.6. The van der Waals surface area contributed by atoms with Gasteiger partial charge in [-0.15, -0.1) is 0 Å². The summed E-state index contributed by atoms with van der Waals surface area (Å²) < 4.78 is 46.8. The van der Waals surface area contributed by atoms with Crippen LogP contribution in [0, 0.1) is 0 Å². The molecule has 71 heavy (non-hydrogen) atoms. The SMILES string of the molecule is C.COc1ccc(CN2C(=O)SC[C@H]2[C@@]2(OC)C[C@H]3C[C@@H](CCC/C=C/CCCOC(=O)N3)O2)cc1.COc1ccc(CN2C(=O)SC[C@H]2[C@@]2(OC)C[C@H]3C[C@@H](CCC/C=C\CCCOC(=O)N3)O2)cc1. The van der Waals surface area contributed by atoms with Gasteiger partial charge >= 0.3 is 12.2 Å². The largest absolute Gasteiger partial charge is 0.497 e. The van der Waals surface area contributed by atoms with Gasteiger partial charge in [0.2, 0.25) is 0 Å². The predicted octanol–water partition coefficient (Wildman–Crippen LogP) is 10.4. The van der Waals surface area contributed by atoms with E-state index in [1.165, 1.54) is 23.5 Å². The number of carbonyl (C=O) groups excluding carboxylic acids is 4. The Morgan fingerprint density at radius 3 is 1.32 bits per heavy atom. The van der Waals surface area contributed by atoms with Crippen LogP contribution in [0.5, 0.6) is 11.5 Å². The van der Waals surface area contributed by atoms with Gasteiger partial charge in [-0.3, -0.25) is 9.59 Å². The van der Waals surface area contributed by atoms with Gasteiger partial charge in [-0.1, -0.05) is 79.5 Å². The van der Waals surface area contributed by atoms with Crippen LogP contribution >= 0.6 is 23.5 Å². The molecule has 4 saturated heterocycles. The highest BCUT2D eigenvalue weighted by atomic mass is 32.2. The Morgan fingerprint density at radius 1 is 0.577 bits per heavy atom. The summed E-state index contributed by atoms with van der Waals surface area (Å²) in [4.78, 5) is 54.5. The molecular formula is C53H76N4O12S2. The van der Waals surface area contributed by atoms with Gasteiger partial charge in [0.15, 0.2) is 11.6 Å². The maximum absolute atomic E-state index is 12.9. The maximum Gasteiger partial charge on any atom is 0.407 e. The first kappa shape index (κ1) is 55.8. The highest BCUT2D eigenvalue weighted by molar-refractivity contribution is 8.14. The molecule has 0 radical (unpaired) electrons. The van der Waals surface area contributed by atoms with Crippen molar-refractivity contribution in [3.8, 4) is 11.5 Å². The summed E-state index contributed by atoms with van der Waals surface area (Å²) in [6, 6.07) is 14.6. The van der Waals surface area contributed by atoms with Crippen LogP contribution in [0.25, 0.3) is 0 Å². The first-order valence-corrected chi connectivity index (χ1v) is 26.8. The van der Waals surface area contributed by atoms with Crippen molar-refractivity contribution in [3.05, 3.63) is 84.0 Å². The maximum atomic E-state index is 12.9. The van der Waals surface area contributed by atoms with Crippen LogP contribution in [0.3, 0.4) is 0 Å². The summed E-state index contributed by atoms with van der Waals surface area (Å²) in [6.07, 6.45) is 19.1. The van der Waals surface area contributed by atoms with Crippen LogP contribution in [0.1, 0.15) is 108 Å². The van der Waals surface area contributed by atoms with E-state index in [0.29, 0.717) is 63.5 Å². The molecule has 18 heteroatoms. The van der Waals surface area contributed by atoms with Gasteiger partial charge in [0, 0.05) is 63.7 Å². The Hall–Kier alpha value is -4.46. The molecule has 2 aromatic rings. The summed E-state index contributed by atoms with van der Waals surface area (Å²) in [5.74, 6) is 0.646. The monoisotopic (exact) mass is 1020 g/mol. The molecule has 0 saturated carbocycles. The average molecular weight is 1030 g/mol. The first-order valence-electron chi connectivity index (χ1n) is 24.8. The fourth-order valence-electron chi connectivity index (χ4n) is 10.2. The van der Waals surface area contributed by atoms with Crippen molar-refractivity contribution in [3.63, 3.8) is 0 Å². The van der Waals surface area contributed by atoms with Crippen molar-refractivity contribution in [1.82, 2.24) is 20.4 Å². The smallest absolute Gasteiger partial charge is 0.407 e. The fraction of sp³-hybridized carbons (Fsp3) is 0.623. The van der Waals surface area contributed by atoms with Gasteiger partial charge in [0.05, 0.1) is 51.7 Å². The second-order valence-corrected chi connectivity index (χ2v) is 20.5. The molecule has 2 N–H and O–H groups in total. The lowest BCUT2D eigenvalue weighted by Crippen LogP contribution is -2.62. The van der Waals surface area contributed by atoms with Crippen molar-refractivity contribution in [2.45, 2.75) is 158 Å². The van der Waals surface area contributed by atoms with Crippen LogP contribution in [-0.4, -0.2) is 134 Å². The number of amides is 4. The number of ether oxygens (including phenoxy) is 8. The molecule has 392 valence electrons. The molecule has 6 aliphatic rings. The lowest BCUT2D eigenvalue weighted by molar-refractivity contribution is -0.294. The minimum atomic E-state index is -1.01. The van der Waals surface area contributed by atoms with E-state index in [4.69, 9.17) is 37.9 Å². The second kappa shape index (κ2) is 27.6. The summed E-state index contributed by atoms with van der Waals surface area (Å²) >= 11 is 2.57. The van der Waals surface area contributed by atoms with E-state index in [-0.39, 0.29) is 54.3 Å². The van der Waals surface area contributed by atoms with Gasteiger partial charge in [0.25, 0.3) is 10.5 Å². The Kier molecular flexibility index (Phi) is 21.7. The topological polar surface area (TPSA) is 173 Å². The summed E-state index contributed by atoms with van der Waals surface area (Å²) in [6.45, 7) is 1.68. The van der Waals surface area contributed by atoms with Crippen molar-refractivity contribution in [2.24, 2.45) is 0 Å². The highest BCUT2D eigenvalue weighted by Crippen LogP contribution is 2.44. The first-order chi connectivity index (χ1) is 34.1. The van der Waals surface area contributed by atoms with Crippen LogP contribution in [-0.2, 0) is 41.5 Å². The van der Waals surface area contributed by atoms with E-state index in [9.17, 15) is 19.2 Å². The van der Waals surface area contributed by atoms with Crippen molar-refractivity contribution in [1.29, 1.82) is 0 Å². The van der Waals surface area contributed by atoms with Crippen molar-refractivity contribution in [2.75, 3.05) is 53.2 Å². The van der Waals surface area contributed by atoms with Crippen LogP contribution < -0.4 is 20.1 Å². The van der Waals surface area contributed by atoms with Crippen LogP contribution in [0.2, 0.25) is 0 Å². The van der Waals surface area contributed by atoms with Gasteiger partial charge < -0.3 is 58.3 Å². The molecule has 0 aliphatic carbocycles. The molecular weight excluding hydrogens is 949 g/mol. The summed E-state index contributed by atoms with van der Waals surface area (Å²) in [5, 5.41) is 6.09. The minimum absolute atomic E-state index is 0. The van der Waals surface area contributed by atoms with E-state index in [1.807, 2.05) is 58.3 Å². The number of fused-ring (bicyclic) bond motifs is 4. The Balaban J connectivity index is 0.000000229. The zero-order valence-corrected chi connectivity index (χ0v) is 42.8. The summed E-state index contributed by atoms with van der Waals surface area (Å²) in [5.41, 5.74) is 2.01. The number of benzene rings is 2. The molecule has 16 nitrogen and oxygen atoms in total. The molecule has 4 fully saturated rings. The lowest BCUT2D eigenvalue weighted by atomic mass is 9.89. The predicted molar refractivity (Wildman–Crippen MR) is 276 cm³/mol. The number of allylic oxidation sites excluding steroid dienone is 4. The van der Waals surface area contributed by atoms with E-state index in [2.05, 4.69) is 34.9 Å². The quantitative estimate of drug-likeness (QED) is 0.215. The molecule has 8 atom stereocenters. The molecule has 2 aromatic carbocycles. The molecule has 0 spiro atoms. The molecule has 4 bridgehead atoms. The number of nitrogens with one attached hydrogen (secondary N) is 2. The number of alkyl carbamates (subject to hydrolysis) is 2. The van der Waals surface area contributed by atoms with Gasteiger partial charge in [-0.25, -0.2) is 9.59 Å². The van der Waals surface area contributed by atoms with Crippen LogP contribution in [0.4, 0.5) is 19.2 Å². The third kappa shape index (κ3) is 15.3. The number of hydrogen-bond acceptors (Lipinski definition) is 14. The van der Waals surface area contributed by atoms with E-state index >= 15 is 0 Å². The van der Waals surface area contributed by atoms with E-state index in [1.54, 1.807) is 28.4 Å². The standard InChI is InChI=1S/2C26H36N2O6S.CH4/c2*1-31-21-12-10-19(11-13-21)17-28-23(18-35-25(28)30)26(32-2)16-20-15-22(34-26)9-7-5-3-4-6-8-14-33-24(29)27-20;/h2*3-4,10-13,20,22-23H,5-9,14-18H2,1-2H3,(H,27,29);1H4/b4-3+;4-3-;/t2*20-,22-,23+,26-;/m11./s1. The van der Waals surface area contributed by atoms with Gasteiger partial charge in [0.1, 0.15) is 11.5 Å². The molecule has 6 heterocycles. The number of methoxy groups -OCH3 is 4.